The molecule has 30 heavy (non-hydrogen) atoms. The molecule has 0 radical (unpaired) electrons. The van der Waals surface area contributed by atoms with E-state index in [0.29, 0.717) is 50.0 Å². The Labute approximate surface area is 179 Å². The van der Waals surface area contributed by atoms with Gasteiger partial charge in [-0.25, -0.2) is 13.1 Å². The second-order valence-electron chi connectivity index (χ2n) is 9.47. The van der Waals surface area contributed by atoms with Crippen molar-refractivity contribution in [2.45, 2.75) is 83.1 Å². The third-order valence-electron chi connectivity index (χ3n) is 7.40. The molecular formula is C21H34N4O4S. The minimum atomic E-state index is -3.29. The molecule has 3 fully saturated rings. The molecule has 1 aromatic rings. The molecule has 1 N–H and O–H groups in total. The van der Waals surface area contributed by atoms with Crippen LogP contribution in [0.1, 0.15) is 76.4 Å². The van der Waals surface area contributed by atoms with Gasteiger partial charge in [-0.05, 0) is 44.9 Å². The van der Waals surface area contributed by atoms with Gasteiger partial charge < -0.3 is 9.42 Å². The quantitative estimate of drug-likeness (QED) is 0.701. The number of aryl methyl sites for hydroxylation is 1. The van der Waals surface area contributed by atoms with E-state index < -0.39 is 15.4 Å². The summed E-state index contributed by atoms with van der Waals surface area (Å²) in [5, 5.41) is 3.97. The van der Waals surface area contributed by atoms with Gasteiger partial charge in [0.25, 0.3) is 0 Å². The van der Waals surface area contributed by atoms with E-state index in [2.05, 4.69) is 14.9 Å². The van der Waals surface area contributed by atoms with Gasteiger partial charge in [-0.3, -0.25) is 4.79 Å². The molecule has 2 heterocycles. The van der Waals surface area contributed by atoms with Crippen molar-refractivity contribution < 1.29 is 17.7 Å². The van der Waals surface area contributed by atoms with Crippen molar-refractivity contribution in [2.75, 3.05) is 18.8 Å². The Balaban J connectivity index is 1.46. The number of rotatable bonds is 7. The molecule has 1 aromatic heterocycles. The molecule has 1 unspecified atom stereocenters. The number of likely N-dealkylation sites (tertiary alicyclic amines) is 1. The lowest BCUT2D eigenvalue weighted by molar-refractivity contribution is -0.131. The Kier molecular flexibility index (Phi) is 6.21. The van der Waals surface area contributed by atoms with Crippen LogP contribution in [-0.4, -0.2) is 54.2 Å². The summed E-state index contributed by atoms with van der Waals surface area (Å²) in [5.41, 5.74) is -0.456. The first kappa shape index (κ1) is 21.7. The van der Waals surface area contributed by atoms with Crippen LogP contribution in [0.15, 0.2) is 4.52 Å². The van der Waals surface area contributed by atoms with Gasteiger partial charge in [0.05, 0.1) is 11.2 Å². The van der Waals surface area contributed by atoms with E-state index in [4.69, 9.17) is 4.52 Å². The highest BCUT2D eigenvalue weighted by Crippen LogP contribution is 2.50. The standard InChI is InChI=1S/C21H34N4O4S/c1-3-30(27,28)24-18-11-17-13-25(19(26)10-9-16-7-5-4-6-8-16)14-21(17,12-18)20-22-15(2)23-29-20/h16-18,24H,3-14H2,1-2H3/t17?,18-,21+/m1/s1. The summed E-state index contributed by atoms with van der Waals surface area (Å²) in [5.74, 6) is 2.19. The molecule has 3 aliphatic rings. The van der Waals surface area contributed by atoms with Gasteiger partial charge in [-0.15, -0.1) is 0 Å². The van der Waals surface area contributed by atoms with E-state index >= 15 is 0 Å². The summed E-state index contributed by atoms with van der Waals surface area (Å²) in [4.78, 5) is 19.5. The maximum Gasteiger partial charge on any atom is 0.235 e. The number of hydrogen-bond acceptors (Lipinski definition) is 6. The molecular weight excluding hydrogens is 404 g/mol. The first-order valence-corrected chi connectivity index (χ1v) is 13.0. The van der Waals surface area contributed by atoms with E-state index in [-0.39, 0.29) is 23.6 Å². The molecule has 9 heteroatoms. The number of hydrogen-bond donors (Lipinski definition) is 1. The van der Waals surface area contributed by atoms with Gasteiger partial charge in [0.2, 0.25) is 21.8 Å². The Morgan fingerprint density at radius 3 is 2.73 bits per heavy atom. The van der Waals surface area contributed by atoms with Gasteiger partial charge >= 0.3 is 0 Å². The van der Waals surface area contributed by atoms with Crippen LogP contribution in [-0.2, 0) is 20.2 Å². The number of sulfonamides is 1. The number of amides is 1. The molecule has 1 saturated heterocycles. The molecule has 168 valence electrons. The molecule has 0 aromatic carbocycles. The zero-order valence-corrected chi connectivity index (χ0v) is 18.9. The Hall–Kier alpha value is -1.48. The monoisotopic (exact) mass is 438 g/mol. The summed E-state index contributed by atoms with van der Waals surface area (Å²) in [7, 11) is -3.29. The van der Waals surface area contributed by atoms with Crippen LogP contribution in [0.25, 0.3) is 0 Å². The number of fused-ring (bicyclic) bond motifs is 1. The first-order valence-electron chi connectivity index (χ1n) is 11.4. The highest BCUT2D eigenvalue weighted by atomic mass is 32.2. The number of aromatic nitrogens is 2. The van der Waals surface area contributed by atoms with Crippen LogP contribution in [0, 0.1) is 18.8 Å². The lowest BCUT2D eigenvalue weighted by Gasteiger charge is -2.26. The first-order chi connectivity index (χ1) is 14.3. The van der Waals surface area contributed by atoms with E-state index in [0.717, 1.165) is 6.42 Å². The van der Waals surface area contributed by atoms with Gasteiger partial charge in [0.1, 0.15) is 0 Å². The van der Waals surface area contributed by atoms with Crippen LogP contribution < -0.4 is 4.72 Å². The predicted molar refractivity (Wildman–Crippen MR) is 112 cm³/mol. The summed E-state index contributed by atoms with van der Waals surface area (Å²) >= 11 is 0. The average molecular weight is 439 g/mol. The van der Waals surface area contributed by atoms with Gasteiger partial charge in [-0.2, -0.15) is 4.98 Å². The van der Waals surface area contributed by atoms with Gasteiger partial charge in [0.15, 0.2) is 5.82 Å². The van der Waals surface area contributed by atoms with Crippen LogP contribution in [0.3, 0.4) is 0 Å². The Bertz CT molecular complexity index is 864. The van der Waals surface area contributed by atoms with Crippen molar-refractivity contribution in [3.05, 3.63) is 11.7 Å². The van der Waals surface area contributed by atoms with Crippen molar-refractivity contribution in [1.29, 1.82) is 0 Å². The molecule has 2 aliphatic carbocycles. The second kappa shape index (κ2) is 8.57. The summed E-state index contributed by atoms with van der Waals surface area (Å²) < 4.78 is 32.6. The fraction of sp³-hybridized carbons (Fsp3) is 0.857. The van der Waals surface area contributed by atoms with Crippen molar-refractivity contribution >= 4 is 15.9 Å². The molecule has 0 bridgehead atoms. The third-order valence-corrected chi connectivity index (χ3v) is 8.85. The molecule has 1 aliphatic heterocycles. The fourth-order valence-corrected chi connectivity index (χ4v) is 6.63. The van der Waals surface area contributed by atoms with Crippen molar-refractivity contribution in [1.82, 2.24) is 19.8 Å². The fourth-order valence-electron chi connectivity index (χ4n) is 5.78. The van der Waals surface area contributed by atoms with Crippen molar-refractivity contribution in [3.8, 4) is 0 Å². The number of carbonyl (C=O) groups excluding carboxylic acids is 1. The number of carbonyl (C=O) groups is 1. The van der Waals surface area contributed by atoms with Crippen molar-refractivity contribution in [3.63, 3.8) is 0 Å². The van der Waals surface area contributed by atoms with Crippen LogP contribution >= 0.6 is 0 Å². The summed E-state index contributed by atoms with van der Waals surface area (Å²) in [6, 6.07) is -0.161. The van der Waals surface area contributed by atoms with Crippen LogP contribution in [0.2, 0.25) is 0 Å². The molecule has 0 spiro atoms. The smallest absolute Gasteiger partial charge is 0.235 e. The minimum absolute atomic E-state index is 0.0621. The van der Waals surface area contributed by atoms with E-state index in [1.807, 2.05) is 4.90 Å². The highest BCUT2D eigenvalue weighted by Gasteiger charge is 2.58. The normalized spacial score (nSPS) is 30.0. The molecule has 4 rings (SSSR count). The number of nitrogens with zero attached hydrogens (tertiary/aromatic N) is 3. The minimum Gasteiger partial charge on any atom is -0.341 e. The molecule has 2 saturated carbocycles. The Morgan fingerprint density at radius 2 is 2.07 bits per heavy atom. The van der Waals surface area contributed by atoms with Gasteiger partial charge in [-0.1, -0.05) is 37.3 Å². The lowest BCUT2D eigenvalue weighted by atomic mass is 9.80. The number of nitrogens with one attached hydrogen (secondary N) is 1. The molecule has 1 amide bonds. The maximum atomic E-state index is 13.0. The van der Waals surface area contributed by atoms with Crippen LogP contribution in [0.4, 0.5) is 0 Å². The zero-order valence-electron chi connectivity index (χ0n) is 18.1. The summed E-state index contributed by atoms with van der Waals surface area (Å²) in [6.07, 6.45) is 9.26. The highest BCUT2D eigenvalue weighted by molar-refractivity contribution is 7.89. The van der Waals surface area contributed by atoms with Crippen LogP contribution in [0.5, 0.6) is 0 Å². The topological polar surface area (TPSA) is 105 Å². The average Bonchev–Trinajstić information content (AvgIpc) is 3.39. The second-order valence-corrected chi connectivity index (χ2v) is 11.5. The van der Waals surface area contributed by atoms with Crippen molar-refractivity contribution in [2.24, 2.45) is 11.8 Å². The zero-order chi connectivity index (χ0) is 21.4. The third kappa shape index (κ3) is 4.42. The van der Waals surface area contributed by atoms with E-state index in [9.17, 15) is 13.2 Å². The van der Waals surface area contributed by atoms with E-state index in [1.165, 1.54) is 32.1 Å². The lowest BCUT2D eigenvalue weighted by Crippen LogP contribution is -2.40. The largest absolute Gasteiger partial charge is 0.341 e. The van der Waals surface area contributed by atoms with Gasteiger partial charge in [0, 0.05) is 25.6 Å². The molecule has 8 nitrogen and oxygen atoms in total. The SMILES string of the molecule is CCS(=O)(=O)N[C@@H]1CC2CN(C(=O)CCC3CCCCC3)C[C@@]2(c2nc(C)no2)C1. The van der Waals surface area contributed by atoms with E-state index in [1.54, 1.807) is 13.8 Å². The molecule has 3 atom stereocenters. The predicted octanol–water partition coefficient (Wildman–Crippen LogP) is 2.54. The Morgan fingerprint density at radius 1 is 1.30 bits per heavy atom. The maximum absolute atomic E-state index is 13.0. The summed E-state index contributed by atoms with van der Waals surface area (Å²) in [6.45, 7) is 4.59.